The van der Waals surface area contributed by atoms with Crippen molar-refractivity contribution in [2.75, 3.05) is 44.9 Å². The van der Waals surface area contributed by atoms with Crippen LogP contribution in [-0.4, -0.2) is 66.2 Å². The molecule has 0 radical (unpaired) electrons. The van der Waals surface area contributed by atoms with E-state index in [1.807, 2.05) is 58.0 Å². The summed E-state index contributed by atoms with van der Waals surface area (Å²) in [6.07, 6.45) is 0.340. The fourth-order valence-corrected chi connectivity index (χ4v) is 4.59. The molecule has 2 aliphatic rings. The summed E-state index contributed by atoms with van der Waals surface area (Å²) in [5.41, 5.74) is 2.50. The molecule has 0 saturated carbocycles. The number of anilines is 1. The number of para-hydroxylation sites is 4. The van der Waals surface area contributed by atoms with Gasteiger partial charge < -0.3 is 23.8 Å². The number of nitrogens with zero attached hydrogens (tertiary/aromatic N) is 4. The molecule has 166 valence electrons. The molecule has 0 aliphatic carbocycles. The van der Waals surface area contributed by atoms with E-state index in [4.69, 9.17) is 14.5 Å². The van der Waals surface area contributed by atoms with Crippen molar-refractivity contribution in [1.82, 2.24) is 14.5 Å². The Labute approximate surface area is 186 Å². The van der Waals surface area contributed by atoms with Crippen LogP contribution in [0.1, 0.15) is 18.2 Å². The van der Waals surface area contributed by atoms with Crippen molar-refractivity contribution in [3.8, 4) is 5.75 Å². The summed E-state index contributed by atoms with van der Waals surface area (Å²) in [7, 11) is 1.60. The molecule has 1 aromatic heterocycles. The van der Waals surface area contributed by atoms with Gasteiger partial charge in [-0.15, -0.1) is 0 Å². The van der Waals surface area contributed by atoms with Crippen LogP contribution in [0.15, 0.2) is 48.5 Å². The van der Waals surface area contributed by atoms with Gasteiger partial charge in [-0.25, -0.2) is 4.98 Å². The van der Waals surface area contributed by atoms with Crippen LogP contribution in [-0.2, 0) is 20.9 Å². The van der Waals surface area contributed by atoms with Gasteiger partial charge >= 0.3 is 0 Å². The number of rotatable bonds is 5. The summed E-state index contributed by atoms with van der Waals surface area (Å²) in [5, 5.41) is 0. The van der Waals surface area contributed by atoms with E-state index in [0.29, 0.717) is 45.0 Å². The first kappa shape index (κ1) is 20.5. The fraction of sp³-hybridized carbons (Fsp3) is 0.375. The van der Waals surface area contributed by atoms with Crippen LogP contribution in [0.4, 0.5) is 5.69 Å². The molecular formula is C24H26N4O4. The van der Waals surface area contributed by atoms with Gasteiger partial charge in [0.25, 0.3) is 0 Å². The highest BCUT2D eigenvalue weighted by Crippen LogP contribution is 2.37. The first-order valence-corrected chi connectivity index (χ1v) is 10.9. The van der Waals surface area contributed by atoms with Crippen LogP contribution >= 0.6 is 0 Å². The second-order valence-corrected chi connectivity index (χ2v) is 8.12. The molecule has 0 bridgehead atoms. The van der Waals surface area contributed by atoms with Crippen molar-refractivity contribution in [2.45, 2.75) is 18.9 Å². The minimum absolute atomic E-state index is 0.0256. The maximum Gasteiger partial charge on any atom is 0.242 e. The number of carbonyl (C=O) groups excluding carboxylic acids is 2. The van der Waals surface area contributed by atoms with Gasteiger partial charge in [0.2, 0.25) is 11.8 Å². The van der Waals surface area contributed by atoms with Gasteiger partial charge in [-0.2, -0.15) is 0 Å². The minimum atomic E-state index is -0.114. The number of hydrogen-bond acceptors (Lipinski definition) is 5. The van der Waals surface area contributed by atoms with Crippen molar-refractivity contribution >= 4 is 28.5 Å². The van der Waals surface area contributed by atoms with Gasteiger partial charge in [0, 0.05) is 32.0 Å². The molecule has 2 aromatic carbocycles. The first-order chi connectivity index (χ1) is 15.7. The average molecular weight is 434 g/mol. The van der Waals surface area contributed by atoms with Crippen molar-refractivity contribution in [1.29, 1.82) is 0 Å². The van der Waals surface area contributed by atoms with Crippen molar-refractivity contribution in [3.05, 3.63) is 54.4 Å². The number of imidazole rings is 1. The summed E-state index contributed by atoms with van der Waals surface area (Å²) < 4.78 is 12.8. The number of methoxy groups -OCH3 is 1. The molecule has 0 unspecified atom stereocenters. The highest BCUT2D eigenvalue weighted by Gasteiger charge is 2.36. The van der Waals surface area contributed by atoms with Crippen molar-refractivity contribution in [2.24, 2.45) is 0 Å². The third-order valence-corrected chi connectivity index (χ3v) is 6.21. The lowest BCUT2D eigenvalue weighted by atomic mass is 10.1. The summed E-state index contributed by atoms with van der Waals surface area (Å²) >= 11 is 0. The van der Waals surface area contributed by atoms with Crippen LogP contribution in [0.3, 0.4) is 0 Å². The van der Waals surface area contributed by atoms with Crippen LogP contribution in [0.2, 0.25) is 0 Å². The third-order valence-electron chi connectivity index (χ3n) is 6.21. The molecule has 5 rings (SSSR count). The minimum Gasteiger partial charge on any atom is -0.495 e. The summed E-state index contributed by atoms with van der Waals surface area (Å²) in [6, 6.07) is 15.3. The van der Waals surface area contributed by atoms with E-state index in [-0.39, 0.29) is 24.3 Å². The van der Waals surface area contributed by atoms with Crippen molar-refractivity contribution in [3.63, 3.8) is 0 Å². The molecule has 1 atom stereocenters. The van der Waals surface area contributed by atoms with Gasteiger partial charge in [0.15, 0.2) is 0 Å². The molecule has 0 N–H and O–H groups in total. The van der Waals surface area contributed by atoms with Crippen LogP contribution in [0.5, 0.6) is 5.75 Å². The molecule has 3 aromatic rings. The molecule has 2 aliphatic heterocycles. The Balaban J connectivity index is 1.47. The molecule has 8 heteroatoms. The lowest BCUT2D eigenvalue weighted by Crippen LogP contribution is -2.42. The molecular weight excluding hydrogens is 408 g/mol. The van der Waals surface area contributed by atoms with Gasteiger partial charge in [-0.3, -0.25) is 9.59 Å². The van der Waals surface area contributed by atoms with E-state index in [1.54, 1.807) is 12.0 Å². The largest absolute Gasteiger partial charge is 0.495 e. The van der Waals surface area contributed by atoms with E-state index >= 15 is 0 Å². The topological polar surface area (TPSA) is 76.9 Å². The number of fused-ring (bicyclic) bond motifs is 1. The summed E-state index contributed by atoms with van der Waals surface area (Å²) in [4.78, 5) is 34.5. The predicted octanol–water partition coefficient (Wildman–Crippen LogP) is 2.42. The second-order valence-electron chi connectivity index (χ2n) is 8.12. The molecule has 3 heterocycles. The SMILES string of the molecule is COc1ccccc1N1C[C@@H](c2nc3ccccc3n2CC(=O)N2CCOCC2)CC1=O. The fourth-order valence-electron chi connectivity index (χ4n) is 4.59. The Morgan fingerprint density at radius 3 is 2.69 bits per heavy atom. The monoisotopic (exact) mass is 434 g/mol. The Bertz CT molecular complexity index is 1150. The van der Waals surface area contributed by atoms with E-state index in [2.05, 4.69) is 0 Å². The summed E-state index contributed by atoms with van der Waals surface area (Å²) in [6.45, 7) is 3.03. The number of ether oxygens (including phenoxy) is 2. The Hall–Kier alpha value is -3.39. The lowest BCUT2D eigenvalue weighted by molar-refractivity contribution is -0.135. The van der Waals surface area contributed by atoms with Gasteiger partial charge in [-0.05, 0) is 24.3 Å². The molecule has 2 amide bonds. The normalized spacial score (nSPS) is 19.0. The highest BCUT2D eigenvalue weighted by atomic mass is 16.5. The zero-order valence-corrected chi connectivity index (χ0v) is 18.1. The lowest BCUT2D eigenvalue weighted by Gasteiger charge is -2.27. The van der Waals surface area contributed by atoms with Gasteiger partial charge in [-0.1, -0.05) is 24.3 Å². The quantitative estimate of drug-likeness (QED) is 0.617. The maximum absolute atomic E-state index is 13.0. The van der Waals surface area contributed by atoms with E-state index in [1.165, 1.54) is 0 Å². The molecule has 8 nitrogen and oxygen atoms in total. The molecule has 32 heavy (non-hydrogen) atoms. The molecule has 2 fully saturated rings. The van der Waals surface area contributed by atoms with E-state index in [0.717, 1.165) is 22.5 Å². The van der Waals surface area contributed by atoms with Crippen molar-refractivity contribution < 1.29 is 19.1 Å². The van der Waals surface area contributed by atoms with Gasteiger partial charge in [0.05, 0.1) is 37.0 Å². The number of amides is 2. The Morgan fingerprint density at radius 2 is 1.88 bits per heavy atom. The van der Waals surface area contributed by atoms with Gasteiger partial charge in [0.1, 0.15) is 18.1 Å². The van der Waals surface area contributed by atoms with Crippen LogP contribution < -0.4 is 9.64 Å². The Kier molecular flexibility index (Phi) is 5.53. The van der Waals surface area contributed by atoms with E-state index in [9.17, 15) is 9.59 Å². The second kappa shape index (κ2) is 8.63. The first-order valence-electron chi connectivity index (χ1n) is 10.9. The third kappa shape index (κ3) is 3.71. The average Bonchev–Trinajstić information content (AvgIpc) is 3.40. The number of hydrogen-bond donors (Lipinski definition) is 0. The summed E-state index contributed by atoms with van der Waals surface area (Å²) in [5.74, 6) is 1.40. The van der Waals surface area contributed by atoms with Crippen LogP contribution in [0, 0.1) is 0 Å². The maximum atomic E-state index is 13.0. The zero-order valence-electron chi connectivity index (χ0n) is 18.1. The molecule has 2 saturated heterocycles. The standard InChI is InChI=1S/C24H26N4O4/c1-31-21-9-5-4-8-20(21)27-15-17(14-22(27)29)24-25-18-6-2-3-7-19(18)28(24)16-23(30)26-10-12-32-13-11-26/h2-9,17H,10-16H2,1H3/t17-/m0/s1. The van der Waals surface area contributed by atoms with Crippen LogP contribution in [0.25, 0.3) is 11.0 Å². The molecule has 0 spiro atoms. The predicted molar refractivity (Wildman–Crippen MR) is 120 cm³/mol. The number of carbonyl (C=O) groups is 2. The van der Waals surface area contributed by atoms with E-state index < -0.39 is 0 Å². The number of benzene rings is 2. The highest BCUT2D eigenvalue weighted by molar-refractivity contribution is 5.98. The number of aromatic nitrogens is 2. The smallest absolute Gasteiger partial charge is 0.242 e. The number of morpholine rings is 1. The Morgan fingerprint density at radius 1 is 1.12 bits per heavy atom. The zero-order chi connectivity index (χ0) is 22.1.